The summed E-state index contributed by atoms with van der Waals surface area (Å²) in [7, 11) is 0. The number of amides is 4. The van der Waals surface area contributed by atoms with Gasteiger partial charge < -0.3 is 10.3 Å². The van der Waals surface area contributed by atoms with Crippen LogP contribution in [0.5, 0.6) is 0 Å². The fraction of sp³-hybridized carbons (Fsp3) is 0.258. The van der Waals surface area contributed by atoms with Crippen LogP contribution in [0.1, 0.15) is 59.1 Å². The first-order valence-corrected chi connectivity index (χ1v) is 13.1. The van der Waals surface area contributed by atoms with Gasteiger partial charge in [0, 0.05) is 29.1 Å². The first-order valence-electron chi connectivity index (χ1n) is 13.1. The van der Waals surface area contributed by atoms with Crippen LogP contribution < -0.4 is 10.2 Å². The number of anilines is 1. The van der Waals surface area contributed by atoms with Crippen LogP contribution in [-0.4, -0.2) is 39.8 Å². The van der Waals surface area contributed by atoms with E-state index in [1.54, 1.807) is 29.2 Å². The van der Waals surface area contributed by atoms with Crippen LogP contribution in [0, 0.1) is 6.92 Å². The second kappa shape index (κ2) is 9.17. The van der Waals surface area contributed by atoms with Crippen molar-refractivity contribution in [2.24, 2.45) is 0 Å². The maximum Gasteiger partial charge on any atom is 0.332 e. The lowest BCUT2D eigenvalue weighted by molar-refractivity contribution is -0.120. The van der Waals surface area contributed by atoms with E-state index in [-0.39, 0.29) is 17.9 Å². The van der Waals surface area contributed by atoms with Gasteiger partial charge in [0.1, 0.15) is 12.1 Å². The molecule has 1 fully saturated rings. The van der Waals surface area contributed by atoms with Gasteiger partial charge >= 0.3 is 6.03 Å². The van der Waals surface area contributed by atoms with Crippen LogP contribution in [-0.2, 0) is 11.2 Å². The summed E-state index contributed by atoms with van der Waals surface area (Å²) in [6.07, 6.45) is 1.18. The fourth-order valence-electron chi connectivity index (χ4n) is 5.78. The molecule has 38 heavy (non-hydrogen) atoms. The predicted molar refractivity (Wildman–Crippen MR) is 147 cm³/mol. The number of rotatable bonds is 5. The molecule has 3 heterocycles. The van der Waals surface area contributed by atoms with Crippen molar-refractivity contribution >= 4 is 34.4 Å². The SMILES string of the molecule is CCC(C)NC(=O)c1ccccc1N1C(=O)C2Cc3c([nH]c4ccccc34)C(c3ccccc3C)N2C1=O. The molecule has 0 bridgehead atoms. The number of nitrogens with zero attached hydrogens (tertiary/aromatic N) is 2. The maximum atomic E-state index is 14.2. The predicted octanol–water partition coefficient (Wildman–Crippen LogP) is 5.49. The molecular weight excluding hydrogens is 476 g/mol. The number of para-hydroxylation sites is 2. The molecular formula is C31H30N4O3. The summed E-state index contributed by atoms with van der Waals surface area (Å²) in [5.74, 6) is -0.611. The molecule has 3 aromatic carbocycles. The molecule has 4 amide bonds. The largest absolute Gasteiger partial charge is 0.356 e. The molecule has 0 aliphatic carbocycles. The van der Waals surface area contributed by atoms with E-state index in [0.29, 0.717) is 17.7 Å². The van der Waals surface area contributed by atoms with Gasteiger partial charge in [-0.1, -0.05) is 61.5 Å². The number of aromatic amines is 1. The second-order valence-electron chi connectivity index (χ2n) is 10.2. The number of carbonyl (C=O) groups excluding carboxylic acids is 3. The lowest BCUT2D eigenvalue weighted by Gasteiger charge is -2.36. The second-order valence-corrected chi connectivity index (χ2v) is 10.2. The molecule has 7 nitrogen and oxygen atoms in total. The summed E-state index contributed by atoms with van der Waals surface area (Å²) in [6, 6.07) is 21.3. The molecule has 192 valence electrons. The van der Waals surface area contributed by atoms with Crippen LogP contribution in [0.3, 0.4) is 0 Å². The Morgan fingerprint density at radius 1 is 1.03 bits per heavy atom. The van der Waals surface area contributed by atoms with Gasteiger partial charge in [-0.3, -0.25) is 14.5 Å². The van der Waals surface area contributed by atoms with Gasteiger partial charge in [-0.15, -0.1) is 0 Å². The molecule has 2 N–H and O–H groups in total. The number of nitrogens with one attached hydrogen (secondary N) is 2. The summed E-state index contributed by atoms with van der Waals surface area (Å²) in [5, 5.41) is 4.03. The Morgan fingerprint density at radius 3 is 2.53 bits per heavy atom. The van der Waals surface area contributed by atoms with E-state index in [2.05, 4.69) is 16.4 Å². The third kappa shape index (κ3) is 3.61. The van der Waals surface area contributed by atoms with E-state index in [0.717, 1.165) is 39.7 Å². The number of hydrogen-bond donors (Lipinski definition) is 2. The average molecular weight is 507 g/mol. The van der Waals surface area contributed by atoms with E-state index in [9.17, 15) is 14.4 Å². The number of hydrogen-bond acceptors (Lipinski definition) is 3. The highest BCUT2D eigenvalue weighted by Crippen LogP contribution is 2.45. The topological polar surface area (TPSA) is 85.5 Å². The third-order valence-electron chi connectivity index (χ3n) is 7.91. The Hall–Kier alpha value is -4.39. The molecule has 2 aliphatic heterocycles. The normalized spacial score (nSPS) is 19.4. The summed E-state index contributed by atoms with van der Waals surface area (Å²) in [6.45, 7) is 5.94. The highest BCUT2D eigenvalue weighted by atomic mass is 16.2. The number of aromatic nitrogens is 1. The van der Waals surface area contributed by atoms with Crippen molar-refractivity contribution < 1.29 is 14.4 Å². The first kappa shape index (κ1) is 24.0. The van der Waals surface area contributed by atoms with Crippen LogP contribution in [0.15, 0.2) is 72.8 Å². The maximum absolute atomic E-state index is 14.2. The quantitative estimate of drug-likeness (QED) is 0.351. The molecule has 3 atom stereocenters. The van der Waals surface area contributed by atoms with E-state index in [1.807, 2.05) is 63.2 Å². The van der Waals surface area contributed by atoms with Gasteiger partial charge in [0.15, 0.2) is 0 Å². The Balaban J connectivity index is 1.49. The van der Waals surface area contributed by atoms with Crippen molar-refractivity contribution in [3.63, 3.8) is 0 Å². The number of imide groups is 1. The monoisotopic (exact) mass is 506 g/mol. The third-order valence-corrected chi connectivity index (χ3v) is 7.91. The molecule has 6 rings (SSSR count). The minimum absolute atomic E-state index is 0.0318. The van der Waals surface area contributed by atoms with Gasteiger partial charge in [0.05, 0.1) is 11.3 Å². The molecule has 1 aromatic heterocycles. The summed E-state index contributed by atoms with van der Waals surface area (Å²) < 4.78 is 0. The molecule has 0 radical (unpaired) electrons. The minimum atomic E-state index is -0.676. The summed E-state index contributed by atoms with van der Waals surface area (Å²) in [4.78, 5) is 47.9. The molecule has 1 saturated heterocycles. The minimum Gasteiger partial charge on any atom is -0.356 e. The van der Waals surface area contributed by atoms with Crippen LogP contribution in [0.25, 0.3) is 10.9 Å². The molecule has 0 spiro atoms. The standard InChI is InChI=1S/C31H30N4O3/c1-4-19(3)32-29(36)22-14-8-10-16-25(22)35-30(37)26-17-23-21-13-7-9-15-24(21)33-27(23)28(34(26)31(35)38)20-12-6-5-11-18(20)2/h5-16,19,26,28,33H,4,17H2,1-3H3,(H,32,36). The van der Waals surface area contributed by atoms with Crippen molar-refractivity contribution in [1.29, 1.82) is 0 Å². The van der Waals surface area contributed by atoms with Crippen LogP contribution in [0.4, 0.5) is 10.5 Å². The highest BCUT2D eigenvalue weighted by molar-refractivity contribution is 6.24. The summed E-state index contributed by atoms with van der Waals surface area (Å²) >= 11 is 0. The molecule has 2 aliphatic rings. The number of fused-ring (bicyclic) bond motifs is 4. The Bertz CT molecular complexity index is 1590. The van der Waals surface area contributed by atoms with E-state index < -0.39 is 18.1 Å². The number of benzene rings is 3. The van der Waals surface area contributed by atoms with Crippen LogP contribution in [0.2, 0.25) is 0 Å². The van der Waals surface area contributed by atoms with E-state index in [4.69, 9.17) is 0 Å². The number of urea groups is 1. The number of H-pyrrole nitrogens is 1. The molecule has 0 saturated carbocycles. The Morgan fingerprint density at radius 2 is 1.74 bits per heavy atom. The fourth-order valence-corrected chi connectivity index (χ4v) is 5.78. The van der Waals surface area contributed by atoms with Crippen molar-refractivity contribution in [1.82, 2.24) is 15.2 Å². The summed E-state index contributed by atoms with van der Waals surface area (Å²) in [5.41, 5.74) is 5.61. The van der Waals surface area contributed by atoms with Gasteiger partial charge in [-0.2, -0.15) is 0 Å². The zero-order valence-corrected chi connectivity index (χ0v) is 21.7. The molecule has 3 unspecified atom stereocenters. The van der Waals surface area contributed by atoms with Gasteiger partial charge in [0.2, 0.25) is 0 Å². The highest BCUT2D eigenvalue weighted by Gasteiger charge is 2.53. The van der Waals surface area contributed by atoms with E-state index >= 15 is 0 Å². The Kier molecular flexibility index (Phi) is 5.79. The van der Waals surface area contributed by atoms with Gasteiger partial charge in [-0.05, 0) is 55.2 Å². The van der Waals surface area contributed by atoms with Crippen LogP contribution >= 0.6 is 0 Å². The van der Waals surface area contributed by atoms with Crippen molar-refractivity contribution in [3.8, 4) is 0 Å². The van der Waals surface area contributed by atoms with E-state index in [1.165, 1.54) is 4.90 Å². The van der Waals surface area contributed by atoms with Crippen molar-refractivity contribution in [3.05, 3.63) is 101 Å². The lowest BCUT2D eigenvalue weighted by atomic mass is 9.87. The number of carbonyl (C=O) groups is 3. The molecule has 4 aromatic rings. The number of aryl methyl sites for hydroxylation is 1. The zero-order chi connectivity index (χ0) is 26.6. The van der Waals surface area contributed by atoms with Gasteiger partial charge in [-0.25, -0.2) is 9.69 Å². The lowest BCUT2D eigenvalue weighted by Crippen LogP contribution is -2.44. The van der Waals surface area contributed by atoms with Gasteiger partial charge in [0.25, 0.3) is 11.8 Å². The van der Waals surface area contributed by atoms with Crippen molar-refractivity contribution in [2.75, 3.05) is 4.90 Å². The smallest absolute Gasteiger partial charge is 0.332 e. The zero-order valence-electron chi connectivity index (χ0n) is 21.7. The Labute approximate surface area is 221 Å². The molecule has 7 heteroatoms. The average Bonchev–Trinajstić information content (AvgIpc) is 3.42. The van der Waals surface area contributed by atoms with Crippen molar-refractivity contribution in [2.45, 2.75) is 51.7 Å². The first-order chi connectivity index (χ1) is 18.4.